The molecule has 2 aromatic rings. The summed E-state index contributed by atoms with van der Waals surface area (Å²) in [6.45, 7) is 4.27. The van der Waals surface area contributed by atoms with Crippen LogP contribution >= 0.6 is 0 Å². The highest BCUT2D eigenvalue weighted by Gasteiger charge is 2.31. The van der Waals surface area contributed by atoms with E-state index in [2.05, 4.69) is 27.6 Å². The first-order valence-electron chi connectivity index (χ1n) is 11.1. The number of aromatic nitrogens is 2. The van der Waals surface area contributed by atoms with Gasteiger partial charge in [0.2, 0.25) is 5.82 Å². The molecule has 1 atom stereocenters. The zero-order valence-electron chi connectivity index (χ0n) is 19.1. The molecule has 4 rings (SSSR count). The van der Waals surface area contributed by atoms with Crippen LogP contribution in [-0.4, -0.2) is 49.3 Å². The Balaban J connectivity index is 1.54. The van der Waals surface area contributed by atoms with Gasteiger partial charge in [-0.15, -0.1) is 0 Å². The van der Waals surface area contributed by atoms with E-state index in [1.807, 2.05) is 19.9 Å². The van der Waals surface area contributed by atoms with Crippen molar-refractivity contribution in [2.75, 3.05) is 18.6 Å². The second-order valence-electron chi connectivity index (χ2n) is 8.75. The molecule has 33 heavy (non-hydrogen) atoms. The van der Waals surface area contributed by atoms with Crippen LogP contribution in [0.25, 0.3) is 17.0 Å². The summed E-state index contributed by atoms with van der Waals surface area (Å²) < 4.78 is 34.1. The van der Waals surface area contributed by atoms with Crippen LogP contribution in [0, 0.1) is 11.3 Å². The van der Waals surface area contributed by atoms with Crippen LogP contribution in [0.2, 0.25) is 0 Å². The first kappa shape index (κ1) is 23.2. The Morgan fingerprint density at radius 3 is 2.88 bits per heavy atom. The van der Waals surface area contributed by atoms with Crippen molar-refractivity contribution in [1.82, 2.24) is 15.5 Å². The van der Waals surface area contributed by atoms with E-state index in [1.165, 1.54) is 17.4 Å². The van der Waals surface area contributed by atoms with Crippen molar-refractivity contribution >= 4 is 15.4 Å². The molecule has 0 bridgehead atoms. The van der Waals surface area contributed by atoms with E-state index >= 15 is 0 Å². The number of rotatable bonds is 8. The number of nitrogens with zero attached hydrogens (tertiary/aromatic N) is 3. The van der Waals surface area contributed by atoms with Gasteiger partial charge in [0.25, 0.3) is 5.89 Å². The summed E-state index contributed by atoms with van der Waals surface area (Å²) in [7, 11) is -2.99. The molecule has 174 valence electrons. The quantitative estimate of drug-likeness (QED) is 0.623. The van der Waals surface area contributed by atoms with Gasteiger partial charge in [-0.3, -0.25) is 0 Å². The summed E-state index contributed by atoms with van der Waals surface area (Å²) in [5.74, 6) is 1.55. The fourth-order valence-corrected chi connectivity index (χ4v) is 4.88. The summed E-state index contributed by atoms with van der Waals surface area (Å²) in [6, 6.07) is 7.61. The van der Waals surface area contributed by atoms with Gasteiger partial charge in [0.1, 0.15) is 21.7 Å². The first-order valence-corrected chi connectivity index (χ1v) is 13.2. The molecular formula is C24H28N4O4S. The van der Waals surface area contributed by atoms with Crippen molar-refractivity contribution in [2.24, 2.45) is 0 Å². The van der Waals surface area contributed by atoms with Crippen molar-refractivity contribution in [3.63, 3.8) is 0 Å². The SMILES string of the molecule is CC(C)Oc1ccc(-c2nc(C3=CCCC4=C3CCC4NCCS(C)(=O)=O)no2)cc1C#N. The third-order valence-electron chi connectivity index (χ3n) is 5.82. The van der Waals surface area contributed by atoms with E-state index in [0.29, 0.717) is 35.1 Å². The topological polar surface area (TPSA) is 118 Å². The van der Waals surface area contributed by atoms with Gasteiger partial charge in [0, 0.05) is 30.0 Å². The zero-order valence-corrected chi connectivity index (χ0v) is 19.9. The molecule has 1 N–H and O–H groups in total. The number of sulfone groups is 1. The van der Waals surface area contributed by atoms with E-state index in [9.17, 15) is 13.7 Å². The standard InChI is InChI=1S/C24H28N4O4S/c1-15(2)31-22-10-7-16(13-17(22)14-25)24-27-23(28-32-24)20-6-4-5-19-18(20)8-9-21(19)26-11-12-33(3,29)30/h6-7,10,13,15,21,26H,4-5,8-9,11-12H2,1-3H3. The van der Waals surface area contributed by atoms with Crippen LogP contribution in [0.4, 0.5) is 0 Å². The lowest BCUT2D eigenvalue weighted by atomic mass is 9.91. The van der Waals surface area contributed by atoms with Gasteiger partial charge in [0.05, 0.1) is 17.4 Å². The predicted molar refractivity (Wildman–Crippen MR) is 125 cm³/mol. The molecule has 1 aromatic heterocycles. The van der Waals surface area contributed by atoms with Gasteiger partial charge < -0.3 is 14.6 Å². The highest BCUT2D eigenvalue weighted by molar-refractivity contribution is 7.90. The third kappa shape index (κ3) is 5.34. The van der Waals surface area contributed by atoms with E-state index in [0.717, 1.165) is 31.3 Å². The monoisotopic (exact) mass is 468 g/mol. The highest BCUT2D eigenvalue weighted by atomic mass is 32.2. The molecule has 0 radical (unpaired) electrons. The van der Waals surface area contributed by atoms with Gasteiger partial charge in [-0.1, -0.05) is 11.2 Å². The fourth-order valence-electron chi connectivity index (χ4n) is 4.39. The Morgan fingerprint density at radius 2 is 2.15 bits per heavy atom. The lowest BCUT2D eigenvalue weighted by molar-refractivity contribution is 0.241. The largest absolute Gasteiger partial charge is 0.490 e. The normalized spacial score (nSPS) is 18.3. The molecule has 0 aliphatic heterocycles. The van der Waals surface area contributed by atoms with Crippen molar-refractivity contribution in [1.29, 1.82) is 5.26 Å². The zero-order chi connectivity index (χ0) is 23.6. The van der Waals surface area contributed by atoms with Crippen LogP contribution in [0.1, 0.15) is 50.9 Å². The van der Waals surface area contributed by atoms with E-state index in [1.54, 1.807) is 12.1 Å². The third-order valence-corrected chi connectivity index (χ3v) is 6.76. The summed E-state index contributed by atoms with van der Waals surface area (Å²) >= 11 is 0. The second-order valence-corrected chi connectivity index (χ2v) is 11.0. The minimum absolute atomic E-state index is 0.0326. The average Bonchev–Trinajstić information content (AvgIpc) is 3.40. The molecule has 1 aromatic carbocycles. The van der Waals surface area contributed by atoms with Crippen LogP contribution < -0.4 is 10.1 Å². The Kier molecular flexibility index (Phi) is 6.68. The molecule has 0 fully saturated rings. The predicted octanol–water partition coefficient (Wildman–Crippen LogP) is 3.67. The van der Waals surface area contributed by atoms with Crippen LogP contribution in [0.3, 0.4) is 0 Å². The molecule has 0 amide bonds. The van der Waals surface area contributed by atoms with Crippen molar-refractivity contribution in [2.45, 2.75) is 51.7 Å². The van der Waals surface area contributed by atoms with Gasteiger partial charge in [-0.05, 0) is 68.9 Å². The number of nitrogens with one attached hydrogen (secondary N) is 1. The molecule has 8 nitrogen and oxygen atoms in total. The Labute approximate surface area is 194 Å². The number of hydrogen-bond acceptors (Lipinski definition) is 8. The fraction of sp³-hybridized carbons (Fsp3) is 0.458. The summed E-state index contributed by atoms with van der Waals surface area (Å²) in [6.07, 6.45) is 7.02. The van der Waals surface area contributed by atoms with Crippen molar-refractivity contribution < 1.29 is 17.7 Å². The number of benzene rings is 1. The lowest BCUT2D eigenvalue weighted by Crippen LogP contribution is -2.33. The molecule has 2 aliphatic rings. The number of allylic oxidation sites excluding steroid dienone is 3. The number of nitriles is 1. The summed E-state index contributed by atoms with van der Waals surface area (Å²) in [5.41, 5.74) is 4.61. The van der Waals surface area contributed by atoms with Crippen LogP contribution in [0.15, 0.2) is 39.9 Å². The summed E-state index contributed by atoms with van der Waals surface area (Å²) in [4.78, 5) is 4.62. The van der Waals surface area contributed by atoms with Gasteiger partial charge >= 0.3 is 0 Å². The minimum Gasteiger partial charge on any atom is -0.490 e. The molecule has 0 saturated heterocycles. The molecule has 2 aliphatic carbocycles. The lowest BCUT2D eigenvalue weighted by Gasteiger charge is -2.20. The maximum absolute atomic E-state index is 11.4. The van der Waals surface area contributed by atoms with Crippen LogP contribution in [-0.2, 0) is 9.84 Å². The van der Waals surface area contributed by atoms with Gasteiger partial charge in [0.15, 0.2) is 0 Å². The van der Waals surface area contributed by atoms with Crippen LogP contribution in [0.5, 0.6) is 5.75 Å². The maximum Gasteiger partial charge on any atom is 0.258 e. The Hall–Kier alpha value is -2.96. The Bertz CT molecular complexity index is 1250. The van der Waals surface area contributed by atoms with Crippen molar-refractivity contribution in [3.05, 3.63) is 46.8 Å². The molecular weight excluding hydrogens is 440 g/mol. The summed E-state index contributed by atoms with van der Waals surface area (Å²) in [5, 5.41) is 17.1. The van der Waals surface area contributed by atoms with E-state index in [-0.39, 0.29) is 17.9 Å². The van der Waals surface area contributed by atoms with Gasteiger partial charge in [-0.25, -0.2) is 8.42 Å². The van der Waals surface area contributed by atoms with Crippen molar-refractivity contribution in [3.8, 4) is 23.3 Å². The minimum atomic E-state index is -2.99. The molecule has 0 saturated carbocycles. The molecule has 1 unspecified atom stereocenters. The maximum atomic E-state index is 11.4. The number of ether oxygens (including phenoxy) is 1. The van der Waals surface area contributed by atoms with Gasteiger partial charge in [-0.2, -0.15) is 10.2 Å². The van der Waals surface area contributed by atoms with E-state index < -0.39 is 9.84 Å². The van der Waals surface area contributed by atoms with E-state index in [4.69, 9.17) is 9.26 Å². The Morgan fingerprint density at radius 1 is 1.33 bits per heavy atom. The molecule has 9 heteroatoms. The average molecular weight is 469 g/mol. The smallest absolute Gasteiger partial charge is 0.258 e. The number of hydrogen-bond donors (Lipinski definition) is 1. The molecule has 1 heterocycles. The second kappa shape index (κ2) is 9.49. The highest BCUT2D eigenvalue weighted by Crippen LogP contribution is 2.41. The first-order chi connectivity index (χ1) is 15.7. The molecule has 0 spiro atoms.